The van der Waals surface area contributed by atoms with Crippen molar-refractivity contribution in [1.29, 1.82) is 0 Å². The van der Waals surface area contributed by atoms with Crippen LogP contribution >= 0.6 is 15.9 Å². The molecule has 0 saturated heterocycles. The molecule has 0 aliphatic rings. The van der Waals surface area contributed by atoms with Crippen LogP contribution in [0.25, 0.3) is 22.7 Å². The quantitative estimate of drug-likeness (QED) is 0.141. The summed E-state index contributed by atoms with van der Waals surface area (Å²) in [6, 6.07) is 34.7. The van der Waals surface area contributed by atoms with Crippen LogP contribution in [-0.4, -0.2) is 15.5 Å². The normalized spacial score (nSPS) is 11.5. The molecule has 0 saturated carbocycles. The van der Waals surface area contributed by atoms with Crippen molar-refractivity contribution in [3.63, 3.8) is 0 Å². The highest BCUT2D eigenvalue weighted by Gasteiger charge is 2.18. The zero-order valence-electron chi connectivity index (χ0n) is 18.3. The molecular formula is C29H21BrN2O2. The Hall–Kier alpha value is -3.96. The van der Waals surface area contributed by atoms with E-state index in [0.717, 1.165) is 26.6 Å². The number of aromatic nitrogens is 2. The molecule has 5 heteroatoms. The van der Waals surface area contributed by atoms with Gasteiger partial charge in [-0.15, -0.1) is 0 Å². The molecule has 0 spiro atoms. The highest BCUT2D eigenvalue weighted by Crippen LogP contribution is 2.26. The van der Waals surface area contributed by atoms with Crippen molar-refractivity contribution in [2.75, 3.05) is 0 Å². The van der Waals surface area contributed by atoms with Gasteiger partial charge in [-0.1, -0.05) is 94.8 Å². The van der Waals surface area contributed by atoms with Crippen LogP contribution < -0.4 is 4.74 Å². The van der Waals surface area contributed by atoms with Gasteiger partial charge >= 0.3 is 5.97 Å². The average molecular weight is 509 g/mol. The molecule has 0 N–H and O–H groups in total. The van der Waals surface area contributed by atoms with Crippen LogP contribution in [-0.2, 0) is 11.3 Å². The number of benzene rings is 4. The van der Waals surface area contributed by atoms with E-state index in [1.54, 1.807) is 12.1 Å². The summed E-state index contributed by atoms with van der Waals surface area (Å²) in [6.45, 7) is 0.601. The van der Waals surface area contributed by atoms with E-state index in [-0.39, 0.29) is 0 Å². The fourth-order valence-electron chi connectivity index (χ4n) is 3.82. The maximum Gasteiger partial charge on any atom is 0.344 e. The van der Waals surface area contributed by atoms with E-state index in [0.29, 0.717) is 23.7 Å². The Morgan fingerprint density at radius 1 is 0.824 bits per heavy atom. The largest absolute Gasteiger partial charge is 0.423 e. The second kappa shape index (κ2) is 9.89. The molecule has 0 amide bonds. The molecule has 34 heavy (non-hydrogen) atoms. The second-order valence-corrected chi connectivity index (χ2v) is 8.62. The fourth-order valence-corrected chi connectivity index (χ4v) is 4.24. The van der Waals surface area contributed by atoms with Gasteiger partial charge in [0, 0.05) is 4.47 Å². The van der Waals surface area contributed by atoms with Gasteiger partial charge in [-0.05, 0) is 47.5 Å². The maximum absolute atomic E-state index is 13.3. The molecule has 0 aliphatic carbocycles. The summed E-state index contributed by atoms with van der Waals surface area (Å²) in [5, 5.41) is 0. The van der Waals surface area contributed by atoms with Gasteiger partial charge in [-0.25, -0.2) is 9.78 Å². The number of halogens is 1. The van der Waals surface area contributed by atoms with E-state index >= 15 is 0 Å². The van der Waals surface area contributed by atoms with Gasteiger partial charge in [0.05, 0.1) is 23.2 Å². The van der Waals surface area contributed by atoms with Crippen molar-refractivity contribution in [2.45, 2.75) is 6.54 Å². The van der Waals surface area contributed by atoms with Gasteiger partial charge in [-0.3, -0.25) is 0 Å². The lowest BCUT2D eigenvalue weighted by molar-refractivity contribution is -0.127. The summed E-state index contributed by atoms with van der Waals surface area (Å²) in [5.74, 6) is 0.744. The van der Waals surface area contributed by atoms with Crippen molar-refractivity contribution in [3.05, 3.63) is 131 Å². The number of rotatable bonds is 6. The molecule has 1 heterocycles. The molecular weight excluding hydrogens is 488 g/mol. The van der Waals surface area contributed by atoms with Crippen LogP contribution in [0, 0.1) is 0 Å². The highest BCUT2D eigenvalue weighted by atomic mass is 79.9. The Bertz CT molecular complexity index is 1470. The number of esters is 1. The first-order valence-corrected chi connectivity index (χ1v) is 11.7. The minimum absolute atomic E-state index is 0.433. The lowest BCUT2D eigenvalue weighted by Crippen LogP contribution is -2.11. The molecule has 0 fully saturated rings. The van der Waals surface area contributed by atoms with Crippen molar-refractivity contribution in [2.24, 2.45) is 0 Å². The summed E-state index contributed by atoms with van der Waals surface area (Å²) >= 11 is 3.66. The molecule has 1 aromatic heterocycles. The van der Waals surface area contributed by atoms with Gasteiger partial charge in [0.1, 0.15) is 11.6 Å². The lowest BCUT2D eigenvalue weighted by atomic mass is 10.1. The van der Waals surface area contributed by atoms with Gasteiger partial charge in [-0.2, -0.15) is 0 Å². The van der Waals surface area contributed by atoms with Crippen molar-refractivity contribution in [3.8, 4) is 5.75 Å². The summed E-state index contributed by atoms with van der Waals surface area (Å²) in [6.07, 6.45) is 1.82. The molecule has 166 valence electrons. The molecule has 4 nitrogen and oxygen atoms in total. The third kappa shape index (κ3) is 4.70. The number of carbonyl (C=O) groups excluding carboxylic acids is 1. The number of para-hydroxylation sites is 3. The highest BCUT2D eigenvalue weighted by molar-refractivity contribution is 9.10. The number of hydrogen-bond acceptors (Lipinski definition) is 3. The number of carbonyl (C=O) groups is 1. The predicted molar refractivity (Wildman–Crippen MR) is 139 cm³/mol. The van der Waals surface area contributed by atoms with E-state index < -0.39 is 5.97 Å². The molecule has 0 unspecified atom stereocenters. The molecule has 5 aromatic rings. The number of ether oxygens (including phenoxy) is 1. The number of hydrogen-bond donors (Lipinski definition) is 0. The third-order valence-electron chi connectivity index (χ3n) is 5.50. The molecule has 5 rings (SSSR count). The Balaban J connectivity index is 1.63. The van der Waals surface area contributed by atoms with Crippen molar-refractivity contribution >= 4 is 44.6 Å². The van der Waals surface area contributed by atoms with Gasteiger partial charge in [0.2, 0.25) is 0 Å². The Morgan fingerprint density at radius 3 is 2.24 bits per heavy atom. The van der Waals surface area contributed by atoms with E-state index in [2.05, 4.69) is 26.6 Å². The van der Waals surface area contributed by atoms with Crippen LogP contribution in [0.5, 0.6) is 5.75 Å². The van der Waals surface area contributed by atoms with Crippen LogP contribution in [0.3, 0.4) is 0 Å². The monoisotopic (exact) mass is 508 g/mol. The van der Waals surface area contributed by atoms with E-state index in [9.17, 15) is 4.79 Å². The number of imidazole rings is 1. The van der Waals surface area contributed by atoms with Gasteiger partial charge in [0.25, 0.3) is 0 Å². The Labute approximate surface area is 206 Å². The zero-order valence-corrected chi connectivity index (χ0v) is 19.9. The zero-order chi connectivity index (χ0) is 23.3. The second-order valence-electron chi connectivity index (χ2n) is 7.76. The minimum atomic E-state index is -0.433. The first-order chi connectivity index (χ1) is 16.7. The fraction of sp³-hybridized carbons (Fsp3) is 0.0345. The first-order valence-electron chi connectivity index (χ1n) is 10.9. The van der Waals surface area contributed by atoms with Crippen LogP contribution in [0.1, 0.15) is 17.0 Å². The average Bonchev–Trinajstić information content (AvgIpc) is 3.22. The Kier molecular flexibility index (Phi) is 6.36. The molecule has 0 bridgehead atoms. The smallest absolute Gasteiger partial charge is 0.344 e. The number of nitrogens with zero attached hydrogens (tertiary/aromatic N) is 2. The topological polar surface area (TPSA) is 44.1 Å². The van der Waals surface area contributed by atoms with E-state index in [1.165, 1.54) is 0 Å². The standard InChI is InChI=1S/C29H21BrN2O2/c30-25-16-8-7-13-22(25)20-32-27-18-10-9-17-26(27)31-28(32)19-24(21-11-3-1-4-12-21)29(33)34-23-14-5-2-6-15-23/h1-19H,20H2. The van der Waals surface area contributed by atoms with Crippen LogP contribution in [0.2, 0.25) is 0 Å². The molecule has 4 aromatic carbocycles. The molecule has 0 radical (unpaired) electrons. The Morgan fingerprint density at radius 2 is 1.47 bits per heavy atom. The SMILES string of the molecule is O=C(Oc1ccccc1)C(=Cc1nc2ccccc2n1Cc1ccccc1Br)c1ccccc1. The van der Waals surface area contributed by atoms with E-state index in [1.807, 2.05) is 97.1 Å². The summed E-state index contributed by atoms with van der Waals surface area (Å²) in [4.78, 5) is 18.2. The predicted octanol–water partition coefficient (Wildman–Crippen LogP) is 6.99. The summed E-state index contributed by atoms with van der Waals surface area (Å²) < 4.78 is 8.84. The molecule has 0 atom stereocenters. The van der Waals surface area contributed by atoms with E-state index in [4.69, 9.17) is 9.72 Å². The third-order valence-corrected chi connectivity index (χ3v) is 6.28. The van der Waals surface area contributed by atoms with Gasteiger partial charge < -0.3 is 9.30 Å². The lowest BCUT2D eigenvalue weighted by Gasteiger charge is -2.11. The minimum Gasteiger partial charge on any atom is -0.423 e. The summed E-state index contributed by atoms with van der Waals surface area (Å²) in [5.41, 5.74) is 4.18. The van der Waals surface area contributed by atoms with Gasteiger partial charge in [0.15, 0.2) is 0 Å². The first kappa shape index (κ1) is 21.9. The van der Waals surface area contributed by atoms with Crippen LogP contribution in [0.15, 0.2) is 114 Å². The number of fused-ring (bicyclic) bond motifs is 1. The maximum atomic E-state index is 13.3. The molecule has 0 aliphatic heterocycles. The van der Waals surface area contributed by atoms with Crippen molar-refractivity contribution < 1.29 is 9.53 Å². The van der Waals surface area contributed by atoms with Crippen LogP contribution in [0.4, 0.5) is 0 Å². The van der Waals surface area contributed by atoms with Crippen molar-refractivity contribution in [1.82, 2.24) is 9.55 Å². The summed E-state index contributed by atoms with van der Waals surface area (Å²) in [7, 11) is 0.